The molecule has 4 rings (SSSR count). The monoisotopic (exact) mass is 339 g/mol. The van der Waals surface area contributed by atoms with Crippen LogP contribution in [-0.4, -0.2) is 32.2 Å². The summed E-state index contributed by atoms with van der Waals surface area (Å²) >= 11 is 0. The maximum absolute atomic E-state index is 12.6. The minimum Gasteiger partial charge on any atom is -0.350 e. The number of nitrogens with one attached hydrogen (secondary N) is 1. The van der Waals surface area contributed by atoms with E-state index in [1.807, 2.05) is 7.05 Å². The Morgan fingerprint density at radius 3 is 2.68 bits per heavy atom. The van der Waals surface area contributed by atoms with Gasteiger partial charge < -0.3 is 5.32 Å². The van der Waals surface area contributed by atoms with Gasteiger partial charge in [-0.25, -0.2) is 9.97 Å². The van der Waals surface area contributed by atoms with Gasteiger partial charge in [-0.1, -0.05) is 0 Å². The molecular formula is C19H25N5O. The highest BCUT2D eigenvalue weighted by atomic mass is 16.2. The summed E-state index contributed by atoms with van der Waals surface area (Å²) in [5, 5.41) is 7.55. The second-order valence-corrected chi connectivity index (χ2v) is 7.11. The van der Waals surface area contributed by atoms with Crippen LogP contribution in [0.25, 0.3) is 0 Å². The van der Waals surface area contributed by atoms with Crippen LogP contribution in [0.2, 0.25) is 0 Å². The Bertz CT molecular complexity index is 824. The summed E-state index contributed by atoms with van der Waals surface area (Å²) in [5.74, 6) is 0.807. The number of fused-ring (bicyclic) bond motifs is 2. The van der Waals surface area contributed by atoms with E-state index in [0.29, 0.717) is 13.0 Å². The second-order valence-electron chi connectivity index (χ2n) is 7.11. The van der Waals surface area contributed by atoms with Crippen molar-refractivity contribution in [2.75, 3.05) is 6.54 Å². The van der Waals surface area contributed by atoms with Gasteiger partial charge in [0.2, 0.25) is 0 Å². The first kappa shape index (κ1) is 16.2. The van der Waals surface area contributed by atoms with Crippen LogP contribution in [0.4, 0.5) is 0 Å². The fourth-order valence-corrected chi connectivity index (χ4v) is 4.13. The number of nitrogens with zero attached hydrogens (tertiary/aromatic N) is 4. The molecule has 0 spiro atoms. The van der Waals surface area contributed by atoms with E-state index in [4.69, 9.17) is 0 Å². The number of carbonyl (C=O) groups excluding carboxylic acids is 1. The zero-order chi connectivity index (χ0) is 17.4. The van der Waals surface area contributed by atoms with E-state index in [2.05, 4.69) is 27.3 Å². The van der Waals surface area contributed by atoms with Crippen molar-refractivity contribution in [2.24, 2.45) is 7.05 Å². The van der Waals surface area contributed by atoms with Gasteiger partial charge in [-0.2, -0.15) is 5.10 Å². The predicted octanol–water partition coefficient (Wildman–Crippen LogP) is 1.86. The maximum Gasteiger partial charge on any atom is 0.269 e. The molecule has 6 nitrogen and oxygen atoms in total. The minimum absolute atomic E-state index is 0.0315. The highest BCUT2D eigenvalue weighted by Crippen LogP contribution is 2.24. The first-order chi connectivity index (χ1) is 12.1. The smallest absolute Gasteiger partial charge is 0.269 e. The van der Waals surface area contributed by atoms with E-state index in [1.165, 1.54) is 24.1 Å². The molecule has 2 heterocycles. The molecule has 0 bridgehead atoms. The van der Waals surface area contributed by atoms with Crippen LogP contribution in [0.1, 0.15) is 63.8 Å². The highest BCUT2D eigenvalue weighted by Gasteiger charge is 2.23. The molecule has 25 heavy (non-hydrogen) atoms. The van der Waals surface area contributed by atoms with Crippen LogP contribution in [0.5, 0.6) is 0 Å². The number of amides is 1. The molecule has 6 heteroatoms. The first-order valence-electron chi connectivity index (χ1n) is 9.31. The largest absolute Gasteiger partial charge is 0.350 e. The molecule has 0 unspecified atom stereocenters. The van der Waals surface area contributed by atoms with E-state index in [0.717, 1.165) is 60.6 Å². The Kier molecular flexibility index (Phi) is 4.27. The Labute approximate surface area is 148 Å². The molecule has 1 amide bonds. The molecular weight excluding hydrogens is 314 g/mol. The fourth-order valence-electron chi connectivity index (χ4n) is 4.13. The molecule has 2 aliphatic rings. The quantitative estimate of drug-likeness (QED) is 0.923. The number of hydrogen-bond donors (Lipinski definition) is 1. The molecule has 2 aliphatic carbocycles. The molecule has 2 aromatic heterocycles. The minimum atomic E-state index is -0.0315. The number of hydrogen-bond acceptors (Lipinski definition) is 4. The third kappa shape index (κ3) is 3.05. The zero-order valence-corrected chi connectivity index (χ0v) is 15.1. The van der Waals surface area contributed by atoms with Crippen molar-refractivity contribution >= 4 is 5.91 Å². The van der Waals surface area contributed by atoms with Gasteiger partial charge in [-0.15, -0.1) is 0 Å². The van der Waals surface area contributed by atoms with Crippen LogP contribution in [0.15, 0.2) is 0 Å². The van der Waals surface area contributed by atoms with Crippen molar-refractivity contribution in [1.82, 2.24) is 25.1 Å². The summed E-state index contributed by atoms with van der Waals surface area (Å²) in [7, 11) is 1.86. The van der Waals surface area contributed by atoms with E-state index < -0.39 is 0 Å². The Balaban J connectivity index is 1.42. The summed E-state index contributed by atoms with van der Waals surface area (Å²) in [4.78, 5) is 21.9. The van der Waals surface area contributed by atoms with Gasteiger partial charge in [-0.05, 0) is 57.4 Å². The zero-order valence-electron chi connectivity index (χ0n) is 15.1. The molecule has 0 radical (unpaired) electrons. The average molecular weight is 339 g/mol. The molecule has 132 valence electrons. The molecule has 0 saturated heterocycles. The summed E-state index contributed by atoms with van der Waals surface area (Å²) in [6, 6.07) is 0. The average Bonchev–Trinajstić information content (AvgIpc) is 3.18. The third-order valence-corrected chi connectivity index (χ3v) is 5.35. The second kappa shape index (κ2) is 6.58. The lowest BCUT2D eigenvalue weighted by atomic mass is 9.95. The lowest BCUT2D eigenvalue weighted by molar-refractivity contribution is 0.0943. The van der Waals surface area contributed by atoms with E-state index in [1.54, 1.807) is 4.68 Å². The van der Waals surface area contributed by atoms with Crippen molar-refractivity contribution < 1.29 is 4.79 Å². The molecule has 1 N–H and O–H groups in total. The molecule has 0 fully saturated rings. The topological polar surface area (TPSA) is 72.7 Å². The molecule has 0 saturated carbocycles. The van der Waals surface area contributed by atoms with E-state index >= 15 is 0 Å². The normalized spacial score (nSPS) is 15.8. The van der Waals surface area contributed by atoms with Crippen LogP contribution >= 0.6 is 0 Å². The summed E-state index contributed by atoms with van der Waals surface area (Å²) in [5.41, 5.74) is 6.58. The van der Waals surface area contributed by atoms with E-state index in [-0.39, 0.29) is 5.91 Å². The lowest BCUT2D eigenvalue weighted by Gasteiger charge is -2.12. The lowest BCUT2D eigenvalue weighted by Crippen LogP contribution is -2.29. The van der Waals surface area contributed by atoms with Gasteiger partial charge in [0.25, 0.3) is 5.91 Å². The highest BCUT2D eigenvalue weighted by molar-refractivity contribution is 5.94. The van der Waals surface area contributed by atoms with Crippen molar-refractivity contribution in [2.45, 2.75) is 58.3 Å². The molecule has 0 aromatic carbocycles. The van der Waals surface area contributed by atoms with Gasteiger partial charge in [0.15, 0.2) is 0 Å². The fraction of sp³-hybridized carbons (Fsp3) is 0.579. The van der Waals surface area contributed by atoms with Crippen LogP contribution in [0, 0.1) is 6.92 Å². The van der Waals surface area contributed by atoms with Crippen molar-refractivity contribution in [3.05, 3.63) is 39.7 Å². The Morgan fingerprint density at radius 2 is 1.80 bits per heavy atom. The third-order valence-electron chi connectivity index (χ3n) is 5.35. The van der Waals surface area contributed by atoms with Crippen molar-refractivity contribution in [3.63, 3.8) is 0 Å². The first-order valence-corrected chi connectivity index (χ1v) is 9.31. The van der Waals surface area contributed by atoms with Gasteiger partial charge in [-0.3, -0.25) is 9.48 Å². The summed E-state index contributed by atoms with van der Waals surface area (Å²) in [6.45, 7) is 2.62. The molecule has 0 atom stereocenters. The predicted molar refractivity (Wildman–Crippen MR) is 94.7 cm³/mol. The standard InChI is InChI=1S/C19H25N5O/c1-12-13-7-5-9-15(13)22-17(21-12)10-11-20-19(25)18-14-6-3-4-8-16(14)23-24(18)2/h3-11H2,1-2H3,(H,20,25). The van der Waals surface area contributed by atoms with Gasteiger partial charge in [0.05, 0.1) is 5.69 Å². The van der Waals surface area contributed by atoms with Gasteiger partial charge in [0.1, 0.15) is 11.5 Å². The molecule has 0 aliphatic heterocycles. The van der Waals surface area contributed by atoms with Gasteiger partial charge >= 0.3 is 0 Å². The van der Waals surface area contributed by atoms with Crippen molar-refractivity contribution in [3.8, 4) is 0 Å². The number of aromatic nitrogens is 4. The molecule has 2 aromatic rings. The van der Waals surface area contributed by atoms with Crippen LogP contribution in [0.3, 0.4) is 0 Å². The van der Waals surface area contributed by atoms with Gasteiger partial charge in [0, 0.05) is 37.0 Å². The Hall–Kier alpha value is -2.24. The SMILES string of the molecule is Cc1nc(CCNC(=O)c2c3c(nn2C)CCCC3)nc2c1CCC2. The number of rotatable bonds is 4. The number of carbonyl (C=O) groups is 1. The van der Waals surface area contributed by atoms with Crippen LogP contribution < -0.4 is 5.32 Å². The summed E-state index contributed by atoms with van der Waals surface area (Å²) < 4.78 is 1.74. The maximum atomic E-state index is 12.6. The van der Waals surface area contributed by atoms with E-state index in [9.17, 15) is 4.79 Å². The number of aryl methyl sites for hydroxylation is 4. The van der Waals surface area contributed by atoms with Crippen LogP contribution in [-0.2, 0) is 39.2 Å². The van der Waals surface area contributed by atoms with Crippen molar-refractivity contribution in [1.29, 1.82) is 0 Å². The summed E-state index contributed by atoms with van der Waals surface area (Å²) in [6.07, 6.45) is 8.25. The Morgan fingerprint density at radius 1 is 1.04 bits per heavy atom.